The lowest BCUT2D eigenvalue weighted by atomic mass is 9.78. The number of fused-ring (bicyclic) bond motifs is 2. The Balaban J connectivity index is 1.78. The number of aliphatic carboxylic acids is 1. The highest BCUT2D eigenvalue weighted by atomic mass is 16.5. The van der Waals surface area contributed by atoms with E-state index in [9.17, 15) is 14.7 Å². The van der Waals surface area contributed by atoms with E-state index in [2.05, 4.69) is 5.32 Å². The first-order chi connectivity index (χ1) is 11.0. The smallest absolute Gasteiger partial charge is 0.310 e. The van der Waals surface area contributed by atoms with Gasteiger partial charge >= 0.3 is 5.97 Å². The highest BCUT2D eigenvalue weighted by Crippen LogP contribution is 2.44. The Labute approximate surface area is 133 Å². The maximum absolute atomic E-state index is 12.5. The number of rotatable bonds is 5. The molecule has 0 saturated carbocycles. The molecule has 2 heterocycles. The third-order valence-electron chi connectivity index (χ3n) is 4.51. The minimum Gasteiger partial charge on any atom is -0.493 e. The van der Waals surface area contributed by atoms with Crippen molar-refractivity contribution in [3.8, 4) is 11.5 Å². The fourth-order valence-corrected chi connectivity index (χ4v) is 3.46. The van der Waals surface area contributed by atoms with Crippen molar-refractivity contribution in [1.82, 2.24) is 0 Å². The van der Waals surface area contributed by atoms with Crippen LogP contribution < -0.4 is 14.8 Å². The Kier molecular flexibility index (Phi) is 4.12. The number of hydrogen-bond donors (Lipinski definition) is 2. The maximum atomic E-state index is 12.5. The summed E-state index contributed by atoms with van der Waals surface area (Å²) >= 11 is 0. The van der Waals surface area contributed by atoms with Gasteiger partial charge in [0, 0.05) is 11.8 Å². The largest absolute Gasteiger partial charge is 0.493 e. The molecule has 2 bridgehead atoms. The lowest BCUT2D eigenvalue weighted by molar-refractivity contribution is -0.147. The zero-order valence-corrected chi connectivity index (χ0v) is 12.9. The average molecular weight is 321 g/mol. The van der Waals surface area contributed by atoms with E-state index in [0.717, 1.165) is 6.42 Å². The van der Waals surface area contributed by atoms with E-state index in [1.807, 2.05) is 0 Å². The van der Waals surface area contributed by atoms with E-state index in [4.69, 9.17) is 14.2 Å². The SMILES string of the molecule is COc1ccc(NC(=O)[C@H]2[C@@H](C(=O)O)[C@H]3CC[C@@H]2O3)cc1OC. The Morgan fingerprint density at radius 3 is 2.39 bits per heavy atom. The summed E-state index contributed by atoms with van der Waals surface area (Å²) in [4.78, 5) is 24.0. The number of carboxylic acids is 1. The van der Waals surface area contributed by atoms with Gasteiger partial charge in [-0.25, -0.2) is 0 Å². The predicted octanol–water partition coefficient (Wildman–Crippen LogP) is 1.52. The summed E-state index contributed by atoms with van der Waals surface area (Å²) in [7, 11) is 3.04. The molecule has 1 aromatic carbocycles. The van der Waals surface area contributed by atoms with Gasteiger partial charge < -0.3 is 24.6 Å². The quantitative estimate of drug-likeness (QED) is 0.854. The van der Waals surface area contributed by atoms with Crippen molar-refractivity contribution in [1.29, 1.82) is 0 Å². The number of nitrogens with one attached hydrogen (secondary N) is 1. The minimum absolute atomic E-state index is 0.318. The number of benzene rings is 1. The summed E-state index contributed by atoms with van der Waals surface area (Å²) in [6, 6.07) is 5.00. The van der Waals surface area contributed by atoms with Gasteiger partial charge in [-0.05, 0) is 25.0 Å². The molecule has 2 aliphatic rings. The monoisotopic (exact) mass is 321 g/mol. The van der Waals surface area contributed by atoms with Crippen LogP contribution in [-0.2, 0) is 14.3 Å². The second kappa shape index (κ2) is 6.08. The van der Waals surface area contributed by atoms with E-state index in [0.29, 0.717) is 23.6 Å². The molecule has 7 heteroatoms. The van der Waals surface area contributed by atoms with Crippen molar-refractivity contribution in [2.45, 2.75) is 25.0 Å². The third kappa shape index (κ3) is 2.72. The Morgan fingerprint density at radius 1 is 1.13 bits per heavy atom. The summed E-state index contributed by atoms with van der Waals surface area (Å²) in [5, 5.41) is 12.1. The number of carboxylic acid groups (broad SMARTS) is 1. The summed E-state index contributed by atoms with van der Waals surface area (Å²) < 4.78 is 16.0. The van der Waals surface area contributed by atoms with Crippen LogP contribution in [0.5, 0.6) is 11.5 Å². The van der Waals surface area contributed by atoms with Crippen molar-refractivity contribution in [2.75, 3.05) is 19.5 Å². The van der Waals surface area contributed by atoms with Crippen molar-refractivity contribution >= 4 is 17.6 Å². The van der Waals surface area contributed by atoms with Crippen LogP contribution in [0, 0.1) is 11.8 Å². The molecule has 124 valence electrons. The van der Waals surface area contributed by atoms with Crippen molar-refractivity contribution in [3.05, 3.63) is 18.2 Å². The summed E-state index contributed by atoms with van der Waals surface area (Å²) in [5.41, 5.74) is 0.527. The fourth-order valence-electron chi connectivity index (χ4n) is 3.46. The van der Waals surface area contributed by atoms with E-state index in [1.165, 1.54) is 14.2 Å². The number of ether oxygens (including phenoxy) is 3. The standard InChI is InChI=1S/C16H19NO6/c1-21-9-4-3-8(7-12(9)22-2)17-15(18)13-10-5-6-11(23-10)14(13)16(19)20/h3-4,7,10-11,13-14H,5-6H2,1-2H3,(H,17,18)(H,19,20)/t10-,11+,13+,14-/m0/s1. The van der Waals surface area contributed by atoms with Gasteiger partial charge in [-0.2, -0.15) is 0 Å². The summed E-state index contributed by atoms with van der Waals surface area (Å²) in [6.07, 6.45) is 0.736. The van der Waals surface area contributed by atoms with Crippen molar-refractivity contribution in [3.63, 3.8) is 0 Å². The van der Waals surface area contributed by atoms with Crippen LogP contribution >= 0.6 is 0 Å². The first kappa shape index (κ1) is 15.6. The molecule has 0 aromatic heterocycles. The second-order valence-electron chi connectivity index (χ2n) is 5.74. The minimum atomic E-state index is -0.982. The molecule has 2 saturated heterocycles. The highest BCUT2D eigenvalue weighted by Gasteiger charge is 2.55. The molecular formula is C16H19NO6. The highest BCUT2D eigenvalue weighted by molar-refractivity contribution is 5.96. The number of carbonyl (C=O) groups excluding carboxylic acids is 1. The molecule has 2 N–H and O–H groups in total. The first-order valence-corrected chi connectivity index (χ1v) is 7.46. The molecule has 7 nitrogen and oxygen atoms in total. The van der Waals surface area contributed by atoms with Crippen molar-refractivity contribution < 1.29 is 28.9 Å². The molecule has 0 spiro atoms. The molecule has 23 heavy (non-hydrogen) atoms. The first-order valence-electron chi connectivity index (χ1n) is 7.46. The Morgan fingerprint density at radius 2 is 1.78 bits per heavy atom. The molecule has 2 fully saturated rings. The maximum Gasteiger partial charge on any atom is 0.310 e. The van der Waals surface area contributed by atoms with Gasteiger partial charge in [0.1, 0.15) is 0 Å². The van der Waals surface area contributed by atoms with Gasteiger partial charge in [0.2, 0.25) is 5.91 Å². The third-order valence-corrected chi connectivity index (χ3v) is 4.51. The van der Waals surface area contributed by atoms with Gasteiger partial charge in [-0.15, -0.1) is 0 Å². The zero-order chi connectivity index (χ0) is 16.6. The molecule has 0 aliphatic carbocycles. The number of carbonyl (C=O) groups is 2. The summed E-state index contributed by atoms with van der Waals surface area (Å²) in [5.74, 6) is -1.73. The fraction of sp³-hybridized carbons (Fsp3) is 0.500. The van der Waals surface area contributed by atoms with Crippen LogP contribution in [0.1, 0.15) is 12.8 Å². The van der Waals surface area contributed by atoms with Crippen LogP contribution in [0.3, 0.4) is 0 Å². The van der Waals surface area contributed by atoms with Crippen molar-refractivity contribution in [2.24, 2.45) is 11.8 Å². The lowest BCUT2D eigenvalue weighted by Crippen LogP contribution is -2.40. The molecule has 1 aromatic rings. The molecule has 1 amide bonds. The number of hydrogen-bond acceptors (Lipinski definition) is 5. The molecular weight excluding hydrogens is 302 g/mol. The van der Waals surface area contributed by atoms with Crippen LogP contribution in [0.2, 0.25) is 0 Å². The Bertz CT molecular complexity index is 631. The van der Waals surface area contributed by atoms with Crippen LogP contribution in [-0.4, -0.2) is 43.4 Å². The van der Waals surface area contributed by atoms with Crippen LogP contribution in [0.25, 0.3) is 0 Å². The van der Waals surface area contributed by atoms with E-state index < -0.39 is 17.8 Å². The van der Waals surface area contributed by atoms with Gasteiger partial charge in [0.05, 0.1) is 38.3 Å². The molecule has 0 radical (unpaired) electrons. The van der Waals surface area contributed by atoms with Gasteiger partial charge in [0.15, 0.2) is 11.5 Å². The molecule has 0 unspecified atom stereocenters. The molecule has 3 rings (SSSR count). The number of amides is 1. The topological polar surface area (TPSA) is 94.1 Å². The normalized spacial score (nSPS) is 28.4. The number of anilines is 1. The lowest BCUT2D eigenvalue weighted by Gasteiger charge is -2.24. The van der Waals surface area contributed by atoms with Gasteiger partial charge in [-0.1, -0.05) is 0 Å². The van der Waals surface area contributed by atoms with E-state index >= 15 is 0 Å². The Hall–Kier alpha value is -2.28. The van der Waals surface area contributed by atoms with Gasteiger partial charge in [0.25, 0.3) is 0 Å². The van der Waals surface area contributed by atoms with Crippen LogP contribution in [0.4, 0.5) is 5.69 Å². The van der Waals surface area contributed by atoms with Crippen LogP contribution in [0.15, 0.2) is 18.2 Å². The molecule has 2 aliphatic heterocycles. The predicted molar refractivity (Wildman–Crippen MR) is 80.7 cm³/mol. The van der Waals surface area contributed by atoms with Gasteiger partial charge in [-0.3, -0.25) is 9.59 Å². The zero-order valence-electron chi connectivity index (χ0n) is 12.9. The number of methoxy groups -OCH3 is 2. The molecule has 4 atom stereocenters. The summed E-state index contributed by atoms with van der Waals surface area (Å²) in [6.45, 7) is 0. The van der Waals surface area contributed by atoms with E-state index in [1.54, 1.807) is 18.2 Å². The average Bonchev–Trinajstić information content (AvgIpc) is 3.15. The second-order valence-corrected chi connectivity index (χ2v) is 5.74. The van der Waals surface area contributed by atoms with E-state index in [-0.39, 0.29) is 18.1 Å².